The number of hydrogen-bond acceptors (Lipinski definition) is 4. The summed E-state index contributed by atoms with van der Waals surface area (Å²) in [5, 5.41) is 9.95. The molecule has 0 unspecified atom stereocenters. The first-order valence-corrected chi connectivity index (χ1v) is 9.92. The zero-order chi connectivity index (χ0) is 20.8. The molecular weight excluding hydrogens is 413 g/mol. The Hall–Kier alpha value is -2.54. The van der Waals surface area contributed by atoms with Crippen LogP contribution in [0.25, 0.3) is 0 Å². The van der Waals surface area contributed by atoms with Gasteiger partial charge in [0.2, 0.25) is 0 Å². The van der Waals surface area contributed by atoms with Gasteiger partial charge in [-0.1, -0.05) is 53.5 Å². The molecule has 0 aliphatic carbocycles. The Labute approximate surface area is 179 Å². The number of carbonyl (C=O) groups is 2. The number of hydrogen-bond donors (Lipinski definition) is 3. The molecule has 29 heavy (non-hydrogen) atoms. The van der Waals surface area contributed by atoms with Gasteiger partial charge < -0.3 is 20.7 Å². The van der Waals surface area contributed by atoms with Gasteiger partial charge in [-0.15, -0.1) is 0 Å². The first-order chi connectivity index (χ1) is 14.0. The number of ether oxygens (including phenoxy) is 1. The highest BCUT2D eigenvalue weighted by Gasteiger charge is 2.33. The highest BCUT2D eigenvalue weighted by Crippen LogP contribution is 2.28. The molecule has 2 aromatic carbocycles. The zero-order valence-corrected chi connectivity index (χ0v) is 17.3. The van der Waals surface area contributed by atoms with E-state index in [4.69, 9.17) is 27.9 Å². The van der Waals surface area contributed by atoms with Crippen LogP contribution in [0.1, 0.15) is 24.1 Å². The molecule has 152 valence electrons. The topological polar surface area (TPSA) is 79.5 Å². The van der Waals surface area contributed by atoms with Crippen LogP contribution in [0, 0.1) is 0 Å². The van der Waals surface area contributed by atoms with Crippen molar-refractivity contribution in [2.45, 2.75) is 19.5 Å². The van der Waals surface area contributed by atoms with E-state index in [1.165, 1.54) is 0 Å². The van der Waals surface area contributed by atoms with Crippen LogP contribution in [0.4, 0.5) is 4.79 Å². The molecule has 0 spiro atoms. The number of halogens is 2. The third-order valence-electron chi connectivity index (χ3n) is 4.43. The van der Waals surface area contributed by atoms with Gasteiger partial charge in [-0.2, -0.15) is 0 Å². The maximum Gasteiger partial charge on any atom is 0.338 e. The lowest BCUT2D eigenvalue weighted by molar-refractivity contribution is -0.139. The molecule has 0 saturated heterocycles. The highest BCUT2D eigenvalue weighted by atomic mass is 35.5. The van der Waals surface area contributed by atoms with Gasteiger partial charge in [0.05, 0.1) is 18.2 Å². The lowest BCUT2D eigenvalue weighted by Crippen LogP contribution is -2.48. The summed E-state index contributed by atoms with van der Waals surface area (Å²) in [5.74, 6) is -0.491. The SMILES string of the molecule is CCOC(=O)C1=C(CNCc2ccccc2Cl)NC(=O)N[C@@H]1c1ccc(Cl)cc1. The van der Waals surface area contributed by atoms with E-state index < -0.39 is 18.0 Å². The van der Waals surface area contributed by atoms with E-state index in [9.17, 15) is 9.59 Å². The summed E-state index contributed by atoms with van der Waals surface area (Å²) in [5.41, 5.74) is 2.46. The van der Waals surface area contributed by atoms with Crippen molar-refractivity contribution >= 4 is 35.2 Å². The molecule has 0 aromatic heterocycles. The third kappa shape index (κ3) is 5.29. The summed E-state index contributed by atoms with van der Waals surface area (Å²) in [7, 11) is 0. The summed E-state index contributed by atoms with van der Waals surface area (Å²) < 4.78 is 5.24. The highest BCUT2D eigenvalue weighted by molar-refractivity contribution is 6.31. The molecule has 2 amide bonds. The molecule has 3 N–H and O–H groups in total. The van der Waals surface area contributed by atoms with E-state index in [1.54, 1.807) is 31.2 Å². The van der Waals surface area contributed by atoms with E-state index >= 15 is 0 Å². The van der Waals surface area contributed by atoms with Crippen molar-refractivity contribution in [3.8, 4) is 0 Å². The fraction of sp³-hybridized carbons (Fsp3) is 0.238. The molecule has 2 aromatic rings. The van der Waals surface area contributed by atoms with Crippen molar-refractivity contribution in [3.05, 3.63) is 81.0 Å². The number of urea groups is 1. The Kier molecular flexibility index (Phi) is 7.14. The van der Waals surface area contributed by atoms with Crippen LogP contribution in [0.3, 0.4) is 0 Å². The predicted octanol–water partition coefficient (Wildman–Crippen LogP) is 3.95. The number of carbonyl (C=O) groups excluding carboxylic acids is 2. The second kappa shape index (κ2) is 9.78. The molecule has 8 heteroatoms. The van der Waals surface area contributed by atoms with Crippen LogP contribution < -0.4 is 16.0 Å². The minimum atomic E-state index is -0.642. The first kappa shape index (κ1) is 21.2. The number of benzene rings is 2. The quantitative estimate of drug-likeness (QED) is 0.577. The Morgan fingerprint density at radius 2 is 1.83 bits per heavy atom. The molecular formula is C21H21Cl2N3O3. The van der Waals surface area contributed by atoms with Gasteiger partial charge in [-0.3, -0.25) is 0 Å². The molecule has 6 nitrogen and oxygen atoms in total. The Balaban J connectivity index is 1.88. The third-order valence-corrected chi connectivity index (χ3v) is 5.05. The van der Waals surface area contributed by atoms with Crippen LogP contribution in [-0.2, 0) is 16.1 Å². The van der Waals surface area contributed by atoms with Crippen molar-refractivity contribution in [2.24, 2.45) is 0 Å². The van der Waals surface area contributed by atoms with Gasteiger partial charge in [0, 0.05) is 28.8 Å². The van der Waals surface area contributed by atoms with Gasteiger partial charge in [0.1, 0.15) is 0 Å². The van der Waals surface area contributed by atoms with Crippen LogP contribution >= 0.6 is 23.2 Å². The molecule has 0 saturated carbocycles. The van der Waals surface area contributed by atoms with E-state index in [0.29, 0.717) is 27.9 Å². The number of nitrogens with one attached hydrogen (secondary N) is 3. The molecule has 1 heterocycles. The second-order valence-corrected chi connectivity index (χ2v) is 7.23. The molecule has 0 fully saturated rings. The van der Waals surface area contributed by atoms with E-state index in [1.807, 2.05) is 24.3 Å². The fourth-order valence-corrected chi connectivity index (χ4v) is 3.40. The first-order valence-electron chi connectivity index (χ1n) is 9.17. The number of rotatable bonds is 7. The fourth-order valence-electron chi connectivity index (χ4n) is 3.08. The predicted molar refractivity (Wildman–Crippen MR) is 113 cm³/mol. The molecule has 0 radical (unpaired) electrons. The number of amides is 2. The Bertz CT molecular complexity index is 929. The van der Waals surface area contributed by atoms with E-state index in [-0.39, 0.29) is 13.2 Å². The molecule has 1 aliphatic rings. The summed E-state index contributed by atoms with van der Waals surface area (Å²) in [4.78, 5) is 25.0. The van der Waals surface area contributed by atoms with Gasteiger partial charge in [-0.05, 0) is 36.2 Å². The van der Waals surface area contributed by atoms with Crippen molar-refractivity contribution in [1.82, 2.24) is 16.0 Å². The zero-order valence-electron chi connectivity index (χ0n) is 15.8. The Morgan fingerprint density at radius 1 is 1.10 bits per heavy atom. The average Bonchev–Trinajstić information content (AvgIpc) is 2.69. The van der Waals surface area contributed by atoms with E-state index in [2.05, 4.69) is 16.0 Å². The number of esters is 1. The van der Waals surface area contributed by atoms with Crippen LogP contribution in [-0.4, -0.2) is 25.2 Å². The van der Waals surface area contributed by atoms with Gasteiger partial charge in [-0.25, -0.2) is 9.59 Å². The summed E-state index contributed by atoms with van der Waals surface area (Å²) >= 11 is 12.2. The summed E-state index contributed by atoms with van der Waals surface area (Å²) in [6.07, 6.45) is 0. The maximum atomic E-state index is 12.7. The lowest BCUT2D eigenvalue weighted by atomic mass is 9.95. The van der Waals surface area contributed by atoms with Crippen LogP contribution in [0.2, 0.25) is 10.0 Å². The minimum absolute atomic E-state index is 0.226. The van der Waals surface area contributed by atoms with Crippen molar-refractivity contribution in [2.75, 3.05) is 13.2 Å². The van der Waals surface area contributed by atoms with Gasteiger partial charge in [0.25, 0.3) is 0 Å². The average molecular weight is 434 g/mol. The smallest absolute Gasteiger partial charge is 0.338 e. The maximum absolute atomic E-state index is 12.7. The van der Waals surface area contributed by atoms with Crippen molar-refractivity contribution < 1.29 is 14.3 Å². The van der Waals surface area contributed by atoms with Crippen molar-refractivity contribution in [3.63, 3.8) is 0 Å². The minimum Gasteiger partial charge on any atom is -0.463 e. The molecule has 0 bridgehead atoms. The molecule has 3 rings (SSSR count). The van der Waals surface area contributed by atoms with Gasteiger partial charge >= 0.3 is 12.0 Å². The summed E-state index contributed by atoms with van der Waals surface area (Å²) in [6.45, 7) is 2.70. The largest absolute Gasteiger partial charge is 0.463 e. The van der Waals surface area contributed by atoms with Crippen LogP contribution in [0.5, 0.6) is 0 Å². The monoisotopic (exact) mass is 433 g/mol. The Morgan fingerprint density at radius 3 is 2.52 bits per heavy atom. The second-order valence-electron chi connectivity index (χ2n) is 6.39. The normalized spacial score (nSPS) is 16.2. The standard InChI is InChI=1S/C21H21Cl2N3O3/c1-2-29-20(27)18-17(12-24-11-14-5-3-4-6-16(14)23)25-21(28)26-19(18)13-7-9-15(22)10-8-13/h3-10,19,24H,2,11-12H2,1H3,(H2,25,26,28)/t19-/m1/s1. The lowest BCUT2D eigenvalue weighted by Gasteiger charge is -2.29. The van der Waals surface area contributed by atoms with Gasteiger partial charge in [0.15, 0.2) is 0 Å². The molecule has 1 atom stereocenters. The molecule has 1 aliphatic heterocycles. The van der Waals surface area contributed by atoms with Crippen molar-refractivity contribution in [1.29, 1.82) is 0 Å². The summed E-state index contributed by atoms with van der Waals surface area (Å²) in [6, 6.07) is 13.4. The van der Waals surface area contributed by atoms with E-state index in [0.717, 1.165) is 11.1 Å². The van der Waals surface area contributed by atoms with Crippen LogP contribution in [0.15, 0.2) is 59.8 Å².